The Kier molecular flexibility index (Phi) is 7.82. The van der Waals surface area contributed by atoms with Crippen molar-refractivity contribution in [3.8, 4) is 5.75 Å². The molecule has 144 valence electrons. The van der Waals surface area contributed by atoms with Gasteiger partial charge in [-0.3, -0.25) is 9.59 Å². The van der Waals surface area contributed by atoms with Crippen molar-refractivity contribution in [1.82, 2.24) is 5.32 Å². The predicted octanol–water partition coefficient (Wildman–Crippen LogP) is 2.91. The van der Waals surface area contributed by atoms with Gasteiger partial charge in [-0.2, -0.15) is 0 Å². The lowest BCUT2D eigenvalue weighted by molar-refractivity contribution is -0.118. The summed E-state index contributed by atoms with van der Waals surface area (Å²) >= 11 is 0. The Morgan fingerprint density at radius 3 is 2.56 bits per heavy atom. The number of ether oxygens (including phenoxy) is 1. The van der Waals surface area contributed by atoms with E-state index >= 15 is 0 Å². The molecule has 2 aromatic carbocycles. The smallest absolute Gasteiger partial charge is 0.262 e. The van der Waals surface area contributed by atoms with Gasteiger partial charge in [0, 0.05) is 13.1 Å². The third-order valence-electron chi connectivity index (χ3n) is 4.30. The highest BCUT2D eigenvalue weighted by Crippen LogP contribution is 2.28. The molecule has 0 saturated heterocycles. The molecule has 6 heteroatoms. The second kappa shape index (κ2) is 10.3. The van der Waals surface area contributed by atoms with Crippen LogP contribution in [-0.2, 0) is 4.79 Å². The van der Waals surface area contributed by atoms with Crippen molar-refractivity contribution >= 4 is 17.5 Å². The summed E-state index contributed by atoms with van der Waals surface area (Å²) < 4.78 is 5.73. The molecule has 2 aromatic rings. The molecule has 0 aliphatic rings. The number of carbonyl (C=O) groups is 2. The zero-order valence-corrected chi connectivity index (χ0v) is 15.8. The van der Waals surface area contributed by atoms with E-state index in [1.165, 1.54) is 0 Å². The monoisotopic (exact) mass is 369 g/mol. The highest BCUT2D eigenvalue weighted by Gasteiger charge is 2.14. The maximum absolute atomic E-state index is 12.3. The highest BCUT2D eigenvalue weighted by molar-refractivity contribution is 6.04. The van der Waals surface area contributed by atoms with Crippen molar-refractivity contribution in [2.45, 2.75) is 26.2 Å². The molecule has 4 N–H and O–H groups in total. The van der Waals surface area contributed by atoms with Crippen LogP contribution in [-0.4, -0.2) is 31.5 Å². The third-order valence-corrected chi connectivity index (χ3v) is 4.30. The molecule has 6 nitrogen and oxygen atoms in total. The van der Waals surface area contributed by atoms with Crippen molar-refractivity contribution < 1.29 is 14.3 Å². The third kappa shape index (κ3) is 5.82. The van der Waals surface area contributed by atoms with E-state index in [0.717, 1.165) is 12.0 Å². The number of nitrogens with two attached hydrogens (primary N) is 1. The Labute approximate surface area is 160 Å². The molecule has 0 spiro atoms. The van der Waals surface area contributed by atoms with Crippen LogP contribution < -0.4 is 21.1 Å². The summed E-state index contributed by atoms with van der Waals surface area (Å²) in [6, 6.07) is 14.6. The van der Waals surface area contributed by atoms with E-state index in [2.05, 4.69) is 24.5 Å². The molecule has 0 aliphatic carbocycles. The Balaban J connectivity index is 2.02. The normalized spacial score (nSPS) is 11.5. The van der Waals surface area contributed by atoms with Gasteiger partial charge in [0.05, 0.1) is 11.3 Å². The molecule has 0 aliphatic heterocycles. The largest absolute Gasteiger partial charge is 0.483 e. The van der Waals surface area contributed by atoms with Crippen LogP contribution in [0.2, 0.25) is 0 Å². The molecule has 27 heavy (non-hydrogen) atoms. The lowest BCUT2D eigenvalue weighted by atomic mass is 9.98. The molecule has 1 unspecified atom stereocenters. The number of amides is 2. The molecule has 2 amide bonds. The molecule has 1 atom stereocenters. The number of nitrogens with one attached hydrogen (secondary N) is 2. The van der Waals surface area contributed by atoms with Crippen molar-refractivity contribution in [3.63, 3.8) is 0 Å². The molecular formula is C21H27N3O3. The van der Waals surface area contributed by atoms with Gasteiger partial charge in [0.15, 0.2) is 6.61 Å². The van der Waals surface area contributed by atoms with Crippen LogP contribution in [0.1, 0.15) is 42.1 Å². The average Bonchev–Trinajstić information content (AvgIpc) is 2.70. The number of rotatable bonds is 9. The summed E-state index contributed by atoms with van der Waals surface area (Å²) in [7, 11) is 0. The molecule has 0 radical (unpaired) electrons. The summed E-state index contributed by atoms with van der Waals surface area (Å²) in [5.74, 6) is 0.444. The van der Waals surface area contributed by atoms with Gasteiger partial charge in [0.25, 0.3) is 11.8 Å². The SMILES string of the molecule is CCC(C)c1ccccc1OCC(=O)Nc1ccccc1C(=O)NCCN. The van der Waals surface area contributed by atoms with Gasteiger partial charge >= 0.3 is 0 Å². The fourth-order valence-corrected chi connectivity index (χ4v) is 2.64. The summed E-state index contributed by atoms with van der Waals surface area (Å²) in [6.07, 6.45) is 0.984. The van der Waals surface area contributed by atoms with Gasteiger partial charge < -0.3 is 21.1 Å². The van der Waals surface area contributed by atoms with Gasteiger partial charge in [0.1, 0.15) is 5.75 Å². The minimum Gasteiger partial charge on any atom is -0.483 e. The van der Waals surface area contributed by atoms with Crippen LogP contribution in [0.4, 0.5) is 5.69 Å². The van der Waals surface area contributed by atoms with Crippen LogP contribution in [0.15, 0.2) is 48.5 Å². The lowest BCUT2D eigenvalue weighted by Crippen LogP contribution is -2.30. The van der Waals surface area contributed by atoms with E-state index < -0.39 is 0 Å². The number of hydrogen-bond acceptors (Lipinski definition) is 4. The Morgan fingerprint density at radius 1 is 1.11 bits per heavy atom. The number of carbonyl (C=O) groups excluding carboxylic acids is 2. The van der Waals surface area contributed by atoms with E-state index in [9.17, 15) is 9.59 Å². The maximum Gasteiger partial charge on any atom is 0.262 e. The van der Waals surface area contributed by atoms with Crippen LogP contribution >= 0.6 is 0 Å². The number of para-hydroxylation sites is 2. The molecular weight excluding hydrogens is 342 g/mol. The standard InChI is InChI=1S/C21H27N3O3/c1-3-15(2)16-8-5-7-11-19(16)27-14-20(25)24-18-10-6-4-9-17(18)21(26)23-13-12-22/h4-11,15H,3,12-14,22H2,1-2H3,(H,23,26)(H,24,25). The van der Waals surface area contributed by atoms with Crippen LogP contribution in [0, 0.1) is 0 Å². The first-order chi connectivity index (χ1) is 13.1. The molecule has 0 aromatic heterocycles. The van der Waals surface area contributed by atoms with Crippen molar-refractivity contribution in [2.24, 2.45) is 5.73 Å². The Hall–Kier alpha value is -2.86. The van der Waals surface area contributed by atoms with Gasteiger partial charge in [-0.05, 0) is 36.1 Å². The first-order valence-corrected chi connectivity index (χ1v) is 9.15. The second-order valence-electron chi connectivity index (χ2n) is 6.27. The number of anilines is 1. The van der Waals surface area contributed by atoms with E-state index in [0.29, 0.717) is 36.0 Å². The van der Waals surface area contributed by atoms with Gasteiger partial charge in [-0.15, -0.1) is 0 Å². The van der Waals surface area contributed by atoms with Crippen molar-refractivity contribution in [1.29, 1.82) is 0 Å². The van der Waals surface area contributed by atoms with Crippen LogP contribution in [0.3, 0.4) is 0 Å². The molecule has 0 saturated carbocycles. The molecule has 2 rings (SSSR count). The van der Waals surface area contributed by atoms with E-state index in [1.54, 1.807) is 24.3 Å². The minimum absolute atomic E-state index is 0.133. The Bertz CT molecular complexity index is 777. The first-order valence-electron chi connectivity index (χ1n) is 9.15. The van der Waals surface area contributed by atoms with Crippen LogP contribution in [0.25, 0.3) is 0 Å². The summed E-state index contributed by atoms with van der Waals surface area (Å²) in [4.78, 5) is 24.5. The van der Waals surface area contributed by atoms with E-state index in [4.69, 9.17) is 10.5 Å². The van der Waals surface area contributed by atoms with Gasteiger partial charge in [-0.1, -0.05) is 44.2 Å². The average molecular weight is 369 g/mol. The first kappa shape index (κ1) is 20.5. The van der Waals surface area contributed by atoms with E-state index in [-0.39, 0.29) is 18.4 Å². The van der Waals surface area contributed by atoms with Crippen LogP contribution in [0.5, 0.6) is 5.75 Å². The Morgan fingerprint density at radius 2 is 1.81 bits per heavy atom. The van der Waals surface area contributed by atoms with E-state index in [1.807, 2.05) is 24.3 Å². The number of benzene rings is 2. The molecule has 0 heterocycles. The van der Waals surface area contributed by atoms with Gasteiger partial charge in [-0.25, -0.2) is 0 Å². The molecule has 0 fully saturated rings. The fraction of sp³-hybridized carbons (Fsp3) is 0.333. The zero-order valence-electron chi connectivity index (χ0n) is 15.8. The summed E-state index contributed by atoms with van der Waals surface area (Å²) in [5.41, 5.74) is 7.32. The predicted molar refractivity (Wildman–Crippen MR) is 107 cm³/mol. The van der Waals surface area contributed by atoms with Crippen molar-refractivity contribution in [3.05, 3.63) is 59.7 Å². The fourth-order valence-electron chi connectivity index (χ4n) is 2.64. The molecule has 0 bridgehead atoms. The second-order valence-corrected chi connectivity index (χ2v) is 6.27. The summed E-state index contributed by atoms with van der Waals surface area (Å²) in [5, 5.41) is 5.44. The zero-order chi connectivity index (χ0) is 19.6. The van der Waals surface area contributed by atoms with Crippen molar-refractivity contribution in [2.75, 3.05) is 25.0 Å². The number of hydrogen-bond donors (Lipinski definition) is 3. The summed E-state index contributed by atoms with van der Waals surface area (Å²) in [6.45, 7) is 4.83. The lowest BCUT2D eigenvalue weighted by Gasteiger charge is -2.16. The topological polar surface area (TPSA) is 93.4 Å². The van der Waals surface area contributed by atoms with Gasteiger partial charge in [0.2, 0.25) is 0 Å². The quantitative estimate of drug-likeness (QED) is 0.633. The minimum atomic E-state index is -0.326. The maximum atomic E-state index is 12.3. The highest BCUT2D eigenvalue weighted by atomic mass is 16.5.